The molecule has 0 atom stereocenters. The van der Waals surface area contributed by atoms with Crippen molar-refractivity contribution in [2.24, 2.45) is 0 Å². The lowest BCUT2D eigenvalue weighted by Gasteiger charge is -2.08. The summed E-state index contributed by atoms with van der Waals surface area (Å²) in [5, 5.41) is 12.3. The first-order valence-electron chi connectivity index (χ1n) is 5.35. The summed E-state index contributed by atoms with van der Waals surface area (Å²) in [6.07, 6.45) is 0.324. The molecule has 2 heterocycles. The summed E-state index contributed by atoms with van der Waals surface area (Å²) in [5.74, 6) is -1.67. The van der Waals surface area contributed by atoms with Gasteiger partial charge in [-0.15, -0.1) is 0 Å². The maximum absolute atomic E-state index is 12.8. The minimum atomic E-state index is -4.78. The molecule has 0 aromatic carbocycles. The molecular formula is C12H8F3N3O2. The fraction of sp³-hybridized carbons (Fsp3) is 0.0833. The van der Waals surface area contributed by atoms with Gasteiger partial charge in [0.15, 0.2) is 0 Å². The summed E-state index contributed by atoms with van der Waals surface area (Å²) >= 11 is 0. The van der Waals surface area contributed by atoms with Gasteiger partial charge in [0.25, 0.3) is 0 Å². The van der Waals surface area contributed by atoms with Crippen molar-refractivity contribution in [3.63, 3.8) is 0 Å². The highest BCUT2D eigenvalue weighted by Gasteiger charge is 2.36. The number of hydrogen-bond acceptors (Lipinski definition) is 3. The molecule has 5 nitrogen and oxygen atoms in total. The molecule has 0 aliphatic heterocycles. The predicted octanol–water partition coefficient (Wildman–Crippen LogP) is 2.30. The van der Waals surface area contributed by atoms with Gasteiger partial charge in [-0.2, -0.15) is 18.3 Å². The van der Waals surface area contributed by atoms with Gasteiger partial charge in [-0.3, -0.25) is 4.98 Å². The van der Waals surface area contributed by atoms with Crippen LogP contribution in [0.5, 0.6) is 0 Å². The average Bonchev–Trinajstić information content (AvgIpc) is 2.84. The molecular weight excluding hydrogens is 275 g/mol. The summed E-state index contributed by atoms with van der Waals surface area (Å²) < 4.78 is 39.6. The second kappa shape index (κ2) is 5.16. The molecule has 20 heavy (non-hydrogen) atoms. The average molecular weight is 283 g/mol. The predicted molar refractivity (Wildman–Crippen MR) is 63.0 cm³/mol. The second-order valence-corrected chi connectivity index (χ2v) is 3.78. The molecule has 2 rings (SSSR count). The third-order valence-corrected chi connectivity index (χ3v) is 2.38. The van der Waals surface area contributed by atoms with Crippen LogP contribution in [0.15, 0.2) is 43.0 Å². The van der Waals surface area contributed by atoms with E-state index in [0.29, 0.717) is 5.69 Å². The van der Waals surface area contributed by atoms with E-state index < -0.39 is 17.7 Å². The number of halogens is 3. The molecule has 2 aromatic heterocycles. The lowest BCUT2D eigenvalue weighted by Crippen LogP contribution is -2.12. The van der Waals surface area contributed by atoms with Crippen molar-refractivity contribution in [3.05, 3.63) is 48.6 Å². The van der Waals surface area contributed by atoms with Crippen LogP contribution in [0, 0.1) is 0 Å². The number of carboxylic acid groups (broad SMARTS) is 1. The van der Waals surface area contributed by atoms with Crippen molar-refractivity contribution in [2.45, 2.75) is 6.18 Å². The van der Waals surface area contributed by atoms with E-state index in [-0.39, 0.29) is 11.6 Å². The molecule has 0 aliphatic rings. The Kier molecular flexibility index (Phi) is 3.55. The highest BCUT2D eigenvalue weighted by atomic mass is 19.4. The van der Waals surface area contributed by atoms with E-state index in [1.807, 2.05) is 0 Å². The van der Waals surface area contributed by atoms with E-state index in [4.69, 9.17) is 5.11 Å². The van der Waals surface area contributed by atoms with Gasteiger partial charge in [-0.1, -0.05) is 0 Å². The van der Waals surface area contributed by atoms with Crippen LogP contribution in [-0.2, 0) is 4.79 Å². The van der Waals surface area contributed by atoms with Gasteiger partial charge >= 0.3 is 12.1 Å². The molecule has 1 N–H and O–H groups in total. The zero-order chi connectivity index (χ0) is 14.8. The second-order valence-electron chi connectivity index (χ2n) is 3.78. The number of nitrogens with zero attached hydrogens (tertiary/aromatic N) is 3. The van der Waals surface area contributed by atoms with E-state index in [9.17, 15) is 18.0 Å². The van der Waals surface area contributed by atoms with Crippen molar-refractivity contribution in [3.8, 4) is 5.69 Å². The molecule has 0 spiro atoms. The Morgan fingerprint density at radius 1 is 1.35 bits per heavy atom. The summed E-state index contributed by atoms with van der Waals surface area (Å²) in [5.41, 5.74) is -1.13. The number of carbonyl (C=O) groups is 1. The molecule has 0 bridgehead atoms. The van der Waals surface area contributed by atoms with E-state index in [2.05, 4.69) is 10.1 Å². The van der Waals surface area contributed by atoms with Crippen LogP contribution in [0.25, 0.3) is 11.3 Å². The molecule has 0 radical (unpaired) electrons. The molecule has 0 saturated heterocycles. The Bertz CT molecular complexity index is 647. The monoisotopic (exact) mass is 283 g/mol. The lowest BCUT2D eigenvalue weighted by molar-refractivity contribution is -0.131. The summed E-state index contributed by atoms with van der Waals surface area (Å²) in [4.78, 5) is 14.3. The topological polar surface area (TPSA) is 68.0 Å². The number of carboxylic acids is 1. The van der Waals surface area contributed by atoms with Crippen molar-refractivity contribution >= 4 is 11.5 Å². The molecule has 0 unspecified atom stereocenters. The van der Waals surface area contributed by atoms with Crippen LogP contribution < -0.4 is 0 Å². The highest BCUT2D eigenvalue weighted by molar-refractivity contribution is 5.91. The van der Waals surface area contributed by atoms with Gasteiger partial charge in [-0.05, 0) is 12.1 Å². The largest absolute Gasteiger partial charge is 0.478 e. The Balaban J connectivity index is 2.43. The van der Waals surface area contributed by atoms with E-state index in [0.717, 1.165) is 12.4 Å². The zero-order valence-electron chi connectivity index (χ0n) is 9.87. The molecule has 104 valence electrons. The summed E-state index contributed by atoms with van der Waals surface area (Å²) in [7, 11) is 0. The smallest absolute Gasteiger partial charge is 0.417 e. The molecule has 0 amide bonds. The van der Waals surface area contributed by atoms with Crippen LogP contribution in [-0.4, -0.2) is 32.0 Å². The summed E-state index contributed by atoms with van der Waals surface area (Å²) in [6, 6.07) is 3.21. The van der Waals surface area contributed by atoms with Gasteiger partial charge < -0.3 is 5.11 Å². The Labute approximate surface area is 111 Å². The van der Waals surface area contributed by atoms with Gasteiger partial charge in [0.2, 0.25) is 0 Å². The molecule has 8 heteroatoms. The van der Waals surface area contributed by atoms with Crippen LogP contribution in [0.2, 0.25) is 0 Å². The van der Waals surface area contributed by atoms with Crippen molar-refractivity contribution < 1.29 is 23.1 Å². The molecule has 2 aromatic rings. The van der Waals surface area contributed by atoms with Gasteiger partial charge in [0.1, 0.15) is 0 Å². The van der Waals surface area contributed by atoms with Gasteiger partial charge in [0.05, 0.1) is 23.7 Å². The minimum absolute atomic E-state index is 0.116. The van der Waals surface area contributed by atoms with Crippen LogP contribution in [0.3, 0.4) is 0 Å². The third-order valence-electron chi connectivity index (χ3n) is 2.38. The van der Waals surface area contributed by atoms with Crippen molar-refractivity contribution in [2.75, 3.05) is 0 Å². The Morgan fingerprint density at radius 2 is 2.10 bits per heavy atom. The normalized spacial score (nSPS) is 12.4. The first-order chi connectivity index (χ1) is 9.38. The number of aromatic nitrogens is 3. The van der Waals surface area contributed by atoms with Gasteiger partial charge in [-0.25, -0.2) is 9.48 Å². The first-order valence-corrected chi connectivity index (χ1v) is 5.35. The fourth-order valence-electron chi connectivity index (χ4n) is 1.54. The van der Waals surface area contributed by atoms with Gasteiger partial charge in [0, 0.05) is 24.0 Å². The number of hydrogen-bond donors (Lipinski definition) is 1. The maximum Gasteiger partial charge on any atom is 0.417 e. The van der Waals surface area contributed by atoms with Crippen molar-refractivity contribution in [1.82, 2.24) is 14.8 Å². The number of allylic oxidation sites excluding steroid dienone is 1. The van der Waals surface area contributed by atoms with Crippen LogP contribution >= 0.6 is 0 Å². The Morgan fingerprint density at radius 3 is 2.65 bits per heavy atom. The highest BCUT2D eigenvalue weighted by Crippen LogP contribution is 2.33. The lowest BCUT2D eigenvalue weighted by atomic mass is 10.1. The standard InChI is InChI=1S/C12H8F3N3O2/c13-12(14,15)10(4-11(19)20)8-5-17-18(7-8)9-2-1-3-16-6-9/h1-7H,(H,19,20). The maximum atomic E-state index is 12.8. The number of alkyl halides is 3. The third kappa shape index (κ3) is 3.02. The van der Waals surface area contributed by atoms with E-state index >= 15 is 0 Å². The molecule has 0 fully saturated rings. The number of aliphatic carboxylic acids is 1. The van der Waals surface area contributed by atoms with E-state index in [1.54, 1.807) is 12.1 Å². The van der Waals surface area contributed by atoms with E-state index in [1.165, 1.54) is 17.1 Å². The van der Waals surface area contributed by atoms with Crippen molar-refractivity contribution in [1.29, 1.82) is 0 Å². The SMILES string of the molecule is O=C(O)C=C(c1cnn(-c2cccnc2)c1)C(F)(F)F. The summed E-state index contributed by atoms with van der Waals surface area (Å²) in [6.45, 7) is 0. The zero-order valence-corrected chi connectivity index (χ0v) is 9.87. The fourth-order valence-corrected chi connectivity index (χ4v) is 1.54. The quantitative estimate of drug-likeness (QED) is 0.878. The molecule has 0 saturated carbocycles. The minimum Gasteiger partial charge on any atom is -0.478 e. The Hall–Kier alpha value is -2.64. The number of rotatable bonds is 3. The molecule has 0 aliphatic carbocycles. The number of pyridine rings is 1. The first kappa shape index (κ1) is 13.8. The van der Waals surface area contributed by atoms with Crippen LogP contribution in [0.1, 0.15) is 5.56 Å². The van der Waals surface area contributed by atoms with Crippen LogP contribution in [0.4, 0.5) is 13.2 Å².